The molecule has 160 valence electrons. The Kier molecular flexibility index (Phi) is 4.89. The van der Waals surface area contributed by atoms with Crippen LogP contribution in [0.2, 0.25) is 5.02 Å². The van der Waals surface area contributed by atoms with Crippen molar-refractivity contribution in [2.45, 2.75) is 71.3 Å². The number of ketones is 1. The summed E-state index contributed by atoms with van der Waals surface area (Å²) in [5, 5.41) is 0.626. The van der Waals surface area contributed by atoms with Gasteiger partial charge in [0.05, 0.1) is 5.56 Å². The second-order valence-electron chi connectivity index (χ2n) is 10.5. The van der Waals surface area contributed by atoms with Crippen LogP contribution in [0.5, 0.6) is 0 Å². The average Bonchev–Trinajstić information content (AvgIpc) is 3.05. The summed E-state index contributed by atoms with van der Waals surface area (Å²) in [6.07, 6.45) is 10.3. The minimum atomic E-state index is -0.229. The molecule has 0 aromatic heterocycles. The largest absolute Gasteiger partial charge is 0.458 e. The van der Waals surface area contributed by atoms with Gasteiger partial charge in [0.2, 0.25) is 0 Å². The molecule has 1 aromatic rings. The minimum Gasteiger partial charge on any atom is -0.458 e. The fourth-order valence-corrected chi connectivity index (χ4v) is 7.61. The van der Waals surface area contributed by atoms with E-state index in [1.165, 1.54) is 18.4 Å². The van der Waals surface area contributed by atoms with Crippen LogP contribution in [0.25, 0.3) is 0 Å². The Morgan fingerprint density at radius 1 is 1.00 bits per heavy atom. The van der Waals surface area contributed by atoms with Crippen LogP contribution >= 0.6 is 11.6 Å². The van der Waals surface area contributed by atoms with Crippen LogP contribution in [0.4, 0.5) is 0 Å². The van der Waals surface area contributed by atoms with Gasteiger partial charge in [-0.25, -0.2) is 4.79 Å². The molecule has 1 aromatic carbocycles. The molecular weight excluding hydrogens is 396 g/mol. The van der Waals surface area contributed by atoms with Crippen LogP contribution in [0.15, 0.2) is 35.9 Å². The smallest absolute Gasteiger partial charge is 0.338 e. The first kappa shape index (κ1) is 20.3. The van der Waals surface area contributed by atoms with Crippen molar-refractivity contribution in [3.8, 4) is 0 Å². The highest BCUT2D eigenvalue weighted by Crippen LogP contribution is 2.65. The zero-order valence-electron chi connectivity index (χ0n) is 18.0. The van der Waals surface area contributed by atoms with Gasteiger partial charge in [0.1, 0.15) is 6.10 Å². The first-order valence-electron chi connectivity index (χ1n) is 11.5. The Hall–Kier alpha value is -1.61. The molecule has 5 rings (SSSR count). The lowest BCUT2D eigenvalue weighted by Crippen LogP contribution is -2.51. The maximum absolute atomic E-state index is 12.8. The van der Waals surface area contributed by atoms with E-state index in [-0.39, 0.29) is 22.9 Å². The topological polar surface area (TPSA) is 43.4 Å². The highest BCUT2D eigenvalue weighted by molar-refractivity contribution is 6.30. The number of benzene rings is 1. The molecule has 6 atom stereocenters. The van der Waals surface area contributed by atoms with Crippen LogP contribution in [-0.2, 0) is 9.53 Å². The number of esters is 1. The Balaban J connectivity index is 1.35. The van der Waals surface area contributed by atoms with E-state index >= 15 is 0 Å². The van der Waals surface area contributed by atoms with Gasteiger partial charge in [-0.3, -0.25) is 4.79 Å². The summed E-state index contributed by atoms with van der Waals surface area (Å²) in [6.45, 7) is 4.77. The van der Waals surface area contributed by atoms with Crippen LogP contribution in [0.1, 0.15) is 75.6 Å². The molecule has 0 unspecified atom stereocenters. The number of hydrogen-bond acceptors (Lipinski definition) is 3. The maximum atomic E-state index is 12.8. The number of carbonyl (C=O) groups excluding carboxylic acids is 2. The number of halogens is 1. The number of fused-ring (bicyclic) bond motifs is 5. The number of carbonyl (C=O) groups is 2. The quantitative estimate of drug-likeness (QED) is 0.514. The van der Waals surface area contributed by atoms with Crippen molar-refractivity contribution < 1.29 is 14.3 Å². The van der Waals surface area contributed by atoms with E-state index in [0.29, 0.717) is 40.5 Å². The minimum absolute atomic E-state index is 0.00990. The lowest BCUT2D eigenvalue weighted by Gasteiger charge is -2.57. The molecule has 0 N–H and O–H groups in total. The van der Waals surface area contributed by atoms with Crippen LogP contribution in [0.3, 0.4) is 0 Å². The summed E-state index contributed by atoms with van der Waals surface area (Å²) in [5.74, 6) is 2.03. The van der Waals surface area contributed by atoms with Gasteiger partial charge in [-0.05, 0) is 98.5 Å². The van der Waals surface area contributed by atoms with E-state index in [1.807, 2.05) is 6.08 Å². The van der Waals surface area contributed by atoms with E-state index in [2.05, 4.69) is 13.8 Å². The van der Waals surface area contributed by atoms with E-state index in [4.69, 9.17) is 16.3 Å². The fraction of sp³-hybridized carbons (Fsp3) is 0.615. The molecule has 4 heteroatoms. The average molecular weight is 427 g/mol. The molecule has 0 amide bonds. The molecule has 0 spiro atoms. The molecule has 0 saturated heterocycles. The predicted octanol–water partition coefficient (Wildman–Crippen LogP) is 6.40. The highest BCUT2D eigenvalue weighted by atomic mass is 35.5. The Morgan fingerprint density at radius 3 is 2.53 bits per heavy atom. The number of ether oxygens (including phenoxy) is 1. The molecule has 3 nitrogen and oxygen atoms in total. The summed E-state index contributed by atoms with van der Waals surface area (Å²) in [5.41, 5.74) is 2.24. The van der Waals surface area contributed by atoms with Gasteiger partial charge in [0.25, 0.3) is 0 Å². The third kappa shape index (κ3) is 3.07. The monoisotopic (exact) mass is 426 g/mol. The number of allylic oxidation sites excluding steroid dienone is 1. The van der Waals surface area contributed by atoms with E-state index in [0.717, 1.165) is 32.1 Å². The molecule has 0 aliphatic heterocycles. The van der Waals surface area contributed by atoms with E-state index < -0.39 is 0 Å². The summed E-state index contributed by atoms with van der Waals surface area (Å²) in [4.78, 5) is 24.8. The highest BCUT2D eigenvalue weighted by Gasteiger charge is 2.60. The Morgan fingerprint density at radius 2 is 1.77 bits per heavy atom. The van der Waals surface area contributed by atoms with Gasteiger partial charge >= 0.3 is 5.97 Å². The SMILES string of the molecule is C[C@]12CC[C@H]3[C@@H](CCC4=CC(=O)CC[C@@]43C)[C@@H]1CC[C@@H]2OC(=O)c1ccc(Cl)cc1. The Labute approximate surface area is 184 Å². The molecule has 4 aliphatic carbocycles. The molecular formula is C26H31ClO3. The zero-order chi connectivity index (χ0) is 21.1. The third-order valence-electron chi connectivity index (χ3n) is 9.20. The van der Waals surface area contributed by atoms with Gasteiger partial charge in [0, 0.05) is 16.9 Å². The first-order valence-corrected chi connectivity index (χ1v) is 11.9. The van der Waals surface area contributed by atoms with Crippen LogP contribution < -0.4 is 0 Å². The lowest BCUT2D eigenvalue weighted by molar-refractivity contribution is -0.118. The molecule has 4 aliphatic rings. The van der Waals surface area contributed by atoms with Gasteiger partial charge < -0.3 is 4.74 Å². The molecule has 3 saturated carbocycles. The van der Waals surface area contributed by atoms with Gasteiger partial charge in [0.15, 0.2) is 5.78 Å². The van der Waals surface area contributed by atoms with E-state index in [1.54, 1.807) is 24.3 Å². The van der Waals surface area contributed by atoms with Crippen LogP contribution in [-0.4, -0.2) is 17.9 Å². The molecule has 3 fully saturated rings. The Bertz CT molecular complexity index is 903. The molecule has 0 radical (unpaired) electrons. The van der Waals surface area contributed by atoms with Crippen molar-refractivity contribution in [3.63, 3.8) is 0 Å². The van der Waals surface area contributed by atoms with Gasteiger partial charge in [-0.2, -0.15) is 0 Å². The molecule has 0 heterocycles. The normalized spacial score (nSPS) is 40.1. The van der Waals surface area contributed by atoms with Crippen molar-refractivity contribution >= 4 is 23.4 Å². The summed E-state index contributed by atoms with van der Waals surface area (Å²) in [6, 6.07) is 6.98. The second-order valence-corrected chi connectivity index (χ2v) is 10.9. The van der Waals surface area contributed by atoms with Crippen molar-refractivity contribution in [3.05, 3.63) is 46.5 Å². The summed E-state index contributed by atoms with van der Waals surface area (Å²) >= 11 is 5.96. The van der Waals surface area contributed by atoms with Crippen molar-refractivity contribution in [2.24, 2.45) is 28.6 Å². The number of hydrogen-bond donors (Lipinski definition) is 0. The van der Waals surface area contributed by atoms with E-state index in [9.17, 15) is 9.59 Å². The molecule has 30 heavy (non-hydrogen) atoms. The zero-order valence-corrected chi connectivity index (χ0v) is 18.7. The van der Waals surface area contributed by atoms with Gasteiger partial charge in [-0.15, -0.1) is 0 Å². The number of rotatable bonds is 2. The van der Waals surface area contributed by atoms with Crippen molar-refractivity contribution in [1.29, 1.82) is 0 Å². The summed E-state index contributed by atoms with van der Waals surface area (Å²) < 4.78 is 6.10. The fourth-order valence-electron chi connectivity index (χ4n) is 7.49. The first-order chi connectivity index (χ1) is 14.3. The summed E-state index contributed by atoms with van der Waals surface area (Å²) in [7, 11) is 0. The lowest BCUT2D eigenvalue weighted by atomic mass is 9.47. The predicted molar refractivity (Wildman–Crippen MR) is 117 cm³/mol. The van der Waals surface area contributed by atoms with Crippen LogP contribution in [0, 0.1) is 28.6 Å². The maximum Gasteiger partial charge on any atom is 0.338 e. The molecule has 0 bridgehead atoms. The third-order valence-corrected chi connectivity index (χ3v) is 9.46. The second kappa shape index (κ2) is 7.22. The van der Waals surface area contributed by atoms with Gasteiger partial charge in [-0.1, -0.05) is 31.0 Å². The standard InChI is InChI=1S/C26H31ClO3/c1-25-13-11-19(28)15-17(25)5-8-20-21-9-10-23(26(21,2)14-12-22(20)25)30-24(29)16-3-6-18(27)7-4-16/h3-4,6-7,15,20-23H,5,8-14H2,1-2H3/t20-,21-,22-,23-,25-,26-/m0/s1. The van der Waals surface area contributed by atoms with Crippen molar-refractivity contribution in [2.75, 3.05) is 0 Å². The van der Waals surface area contributed by atoms with Crippen molar-refractivity contribution in [1.82, 2.24) is 0 Å².